The predicted octanol–water partition coefficient (Wildman–Crippen LogP) is 2.21. The minimum absolute atomic E-state index is 0.519. The molecule has 0 unspecified atom stereocenters. The first-order valence-electron chi connectivity index (χ1n) is 5.54. The first kappa shape index (κ1) is 12.2. The van der Waals surface area contributed by atoms with Crippen LogP contribution in [0.4, 0.5) is 5.69 Å². The molecule has 1 aromatic heterocycles. The summed E-state index contributed by atoms with van der Waals surface area (Å²) < 4.78 is 5.45. The number of hydrogen-bond acceptors (Lipinski definition) is 4. The summed E-state index contributed by atoms with van der Waals surface area (Å²) in [6.45, 7) is 2.32. The Morgan fingerprint density at radius 3 is 3.06 bits per heavy atom. The minimum Gasteiger partial charge on any atom is -0.478 e. The number of anilines is 1. The quantitative estimate of drug-likeness (QED) is 0.838. The van der Waals surface area contributed by atoms with Gasteiger partial charge in [0.1, 0.15) is 5.52 Å². The molecule has 0 radical (unpaired) electrons. The second-order valence-electron chi connectivity index (χ2n) is 4.01. The van der Waals surface area contributed by atoms with Gasteiger partial charge in [-0.25, -0.2) is 9.78 Å². The monoisotopic (exact) mass is 246 g/mol. The molecule has 94 valence electrons. The van der Waals surface area contributed by atoms with E-state index in [4.69, 9.17) is 9.52 Å². The highest BCUT2D eigenvalue weighted by Gasteiger charge is 2.05. The van der Waals surface area contributed by atoms with Crippen LogP contribution in [0, 0.1) is 6.92 Å². The Balaban J connectivity index is 2.17. The van der Waals surface area contributed by atoms with E-state index in [9.17, 15) is 4.79 Å². The van der Waals surface area contributed by atoms with Gasteiger partial charge in [-0.05, 0) is 12.1 Å². The molecule has 0 aliphatic heterocycles. The van der Waals surface area contributed by atoms with Gasteiger partial charge < -0.3 is 14.4 Å². The van der Waals surface area contributed by atoms with Crippen molar-refractivity contribution in [2.45, 2.75) is 6.92 Å². The number of hydrogen-bond donors (Lipinski definition) is 1. The minimum atomic E-state index is -0.940. The molecular weight excluding hydrogens is 232 g/mol. The second-order valence-corrected chi connectivity index (χ2v) is 4.01. The fourth-order valence-corrected chi connectivity index (χ4v) is 1.68. The van der Waals surface area contributed by atoms with Crippen LogP contribution in [-0.4, -0.2) is 29.7 Å². The fourth-order valence-electron chi connectivity index (χ4n) is 1.68. The van der Waals surface area contributed by atoms with E-state index in [1.165, 1.54) is 0 Å². The molecule has 1 aromatic carbocycles. The normalized spacial score (nSPS) is 11.2. The topological polar surface area (TPSA) is 66.6 Å². The smallest absolute Gasteiger partial charge is 0.328 e. The van der Waals surface area contributed by atoms with Crippen LogP contribution in [0.3, 0.4) is 0 Å². The van der Waals surface area contributed by atoms with Crippen LogP contribution >= 0.6 is 0 Å². The Morgan fingerprint density at radius 2 is 2.33 bits per heavy atom. The number of nitrogens with zero attached hydrogens (tertiary/aromatic N) is 2. The molecular formula is C13H14N2O3. The van der Waals surface area contributed by atoms with Crippen molar-refractivity contribution in [1.29, 1.82) is 0 Å². The lowest BCUT2D eigenvalue weighted by molar-refractivity contribution is -0.131. The zero-order chi connectivity index (χ0) is 13.1. The zero-order valence-electron chi connectivity index (χ0n) is 10.3. The number of carboxylic acids is 1. The van der Waals surface area contributed by atoms with Crippen molar-refractivity contribution >= 4 is 22.8 Å². The Morgan fingerprint density at radius 1 is 1.56 bits per heavy atom. The van der Waals surface area contributed by atoms with E-state index in [0.29, 0.717) is 12.4 Å². The highest BCUT2D eigenvalue weighted by atomic mass is 16.4. The van der Waals surface area contributed by atoms with E-state index in [0.717, 1.165) is 22.9 Å². The first-order chi connectivity index (χ1) is 8.56. The van der Waals surface area contributed by atoms with Crippen LogP contribution in [0.25, 0.3) is 11.1 Å². The Hall–Kier alpha value is -2.30. The third-order valence-electron chi connectivity index (χ3n) is 2.56. The lowest BCUT2D eigenvalue weighted by atomic mass is 10.2. The van der Waals surface area contributed by atoms with Crippen molar-refractivity contribution in [1.82, 2.24) is 4.98 Å². The molecule has 5 heteroatoms. The van der Waals surface area contributed by atoms with Crippen molar-refractivity contribution in [3.05, 3.63) is 36.2 Å². The second kappa shape index (κ2) is 4.91. The van der Waals surface area contributed by atoms with Crippen molar-refractivity contribution in [2.24, 2.45) is 0 Å². The van der Waals surface area contributed by atoms with Gasteiger partial charge in [-0.15, -0.1) is 0 Å². The van der Waals surface area contributed by atoms with Gasteiger partial charge in [0.15, 0.2) is 11.5 Å². The van der Waals surface area contributed by atoms with E-state index in [1.807, 2.05) is 30.1 Å². The highest BCUT2D eigenvalue weighted by molar-refractivity contribution is 5.80. The molecule has 2 aromatic rings. The molecule has 0 saturated carbocycles. The summed E-state index contributed by atoms with van der Waals surface area (Å²) in [5, 5.41) is 8.51. The van der Waals surface area contributed by atoms with Gasteiger partial charge >= 0.3 is 5.97 Å². The van der Waals surface area contributed by atoms with Crippen molar-refractivity contribution in [3.63, 3.8) is 0 Å². The Labute approximate surface area is 104 Å². The number of rotatable bonds is 4. The molecule has 1 N–H and O–H groups in total. The number of benzene rings is 1. The number of oxazole rings is 1. The lowest BCUT2D eigenvalue weighted by Gasteiger charge is -2.16. The highest BCUT2D eigenvalue weighted by Crippen LogP contribution is 2.21. The van der Waals surface area contributed by atoms with E-state index in [-0.39, 0.29) is 0 Å². The summed E-state index contributed by atoms with van der Waals surface area (Å²) in [6.07, 6.45) is 2.73. The van der Waals surface area contributed by atoms with Crippen LogP contribution in [0.1, 0.15) is 5.89 Å². The number of carboxylic acid groups (broad SMARTS) is 1. The molecule has 0 fully saturated rings. The average molecular weight is 246 g/mol. The third kappa shape index (κ3) is 2.68. The molecule has 0 atom stereocenters. The molecule has 0 bridgehead atoms. The van der Waals surface area contributed by atoms with Gasteiger partial charge in [0, 0.05) is 38.3 Å². The number of carbonyl (C=O) groups is 1. The first-order valence-corrected chi connectivity index (χ1v) is 5.54. The largest absolute Gasteiger partial charge is 0.478 e. The molecule has 0 amide bonds. The summed E-state index contributed by atoms with van der Waals surface area (Å²) >= 11 is 0. The summed E-state index contributed by atoms with van der Waals surface area (Å²) in [6, 6.07) is 5.71. The van der Waals surface area contributed by atoms with Crippen LogP contribution in [0.2, 0.25) is 0 Å². The number of aromatic nitrogens is 1. The van der Waals surface area contributed by atoms with Gasteiger partial charge in [0.2, 0.25) is 0 Å². The molecule has 0 saturated heterocycles. The maximum absolute atomic E-state index is 10.4. The van der Waals surface area contributed by atoms with Gasteiger partial charge in [-0.2, -0.15) is 0 Å². The average Bonchev–Trinajstić information content (AvgIpc) is 2.67. The number of likely N-dealkylation sites (N-methyl/N-ethyl adjacent to an activating group) is 1. The molecule has 0 spiro atoms. The van der Waals surface area contributed by atoms with Gasteiger partial charge in [0.05, 0.1) is 0 Å². The SMILES string of the molecule is Cc1nc2ccc(N(C)C/C=C/C(=O)O)cc2o1. The molecule has 0 aliphatic rings. The van der Waals surface area contributed by atoms with E-state index in [1.54, 1.807) is 13.0 Å². The predicted molar refractivity (Wildman–Crippen MR) is 68.8 cm³/mol. The van der Waals surface area contributed by atoms with Gasteiger partial charge in [-0.1, -0.05) is 6.08 Å². The Bertz CT molecular complexity index is 601. The summed E-state index contributed by atoms with van der Waals surface area (Å²) in [4.78, 5) is 16.5. The number of aryl methyl sites for hydroxylation is 1. The van der Waals surface area contributed by atoms with Crippen LogP contribution in [0.5, 0.6) is 0 Å². The summed E-state index contributed by atoms with van der Waals surface area (Å²) in [7, 11) is 1.89. The van der Waals surface area contributed by atoms with E-state index < -0.39 is 5.97 Å². The Kier molecular flexibility index (Phi) is 3.32. The lowest BCUT2D eigenvalue weighted by Crippen LogP contribution is -2.16. The molecule has 18 heavy (non-hydrogen) atoms. The summed E-state index contributed by atoms with van der Waals surface area (Å²) in [5.74, 6) is -0.305. The molecule has 2 rings (SSSR count). The van der Waals surface area contributed by atoms with Crippen LogP contribution in [0.15, 0.2) is 34.8 Å². The maximum atomic E-state index is 10.4. The fraction of sp³-hybridized carbons (Fsp3) is 0.231. The van der Waals surface area contributed by atoms with Gasteiger partial charge in [0.25, 0.3) is 0 Å². The third-order valence-corrected chi connectivity index (χ3v) is 2.56. The number of aliphatic carboxylic acids is 1. The van der Waals surface area contributed by atoms with E-state index >= 15 is 0 Å². The van der Waals surface area contributed by atoms with Crippen molar-refractivity contribution < 1.29 is 14.3 Å². The van der Waals surface area contributed by atoms with Crippen LogP contribution in [-0.2, 0) is 4.79 Å². The summed E-state index contributed by atoms with van der Waals surface area (Å²) in [5.41, 5.74) is 2.51. The standard InChI is InChI=1S/C13H14N2O3/c1-9-14-11-6-5-10(8-12(11)18-9)15(2)7-3-4-13(16)17/h3-6,8H,7H2,1-2H3,(H,16,17)/b4-3+. The molecule has 5 nitrogen and oxygen atoms in total. The molecule has 1 heterocycles. The van der Waals surface area contributed by atoms with Crippen molar-refractivity contribution in [3.8, 4) is 0 Å². The maximum Gasteiger partial charge on any atom is 0.328 e. The van der Waals surface area contributed by atoms with Gasteiger partial charge in [-0.3, -0.25) is 0 Å². The van der Waals surface area contributed by atoms with Crippen LogP contribution < -0.4 is 4.90 Å². The number of fused-ring (bicyclic) bond motifs is 1. The molecule has 0 aliphatic carbocycles. The zero-order valence-corrected chi connectivity index (χ0v) is 10.3. The van der Waals surface area contributed by atoms with Crippen molar-refractivity contribution in [2.75, 3.05) is 18.5 Å². The van der Waals surface area contributed by atoms with E-state index in [2.05, 4.69) is 4.98 Å².